The van der Waals surface area contributed by atoms with Crippen LogP contribution in [0.2, 0.25) is 0 Å². The predicted octanol–water partition coefficient (Wildman–Crippen LogP) is 2.73. The monoisotopic (exact) mass is 234 g/mol. The summed E-state index contributed by atoms with van der Waals surface area (Å²) in [5, 5.41) is 4.07. The molecular formula is C11H14N4S. The van der Waals surface area contributed by atoms with Gasteiger partial charge >= 0.3 is 0 Å². The van der Waals surface area contributed by atoms with Crippen molar-refractivity contribution in [3.8, 4) is 11.5 Å². The molecule has 0 aromatic carbocycles. The fraction of sp³-hybridized carbons (Fsp3) is 0.364. The zero-order valence-corrected chi connectivity index (χ0v) is 10.4. The van der Waals surface area contributed by atoms with Crippen LogP contribution >= 0.6 is 11.5 Å². The van der Waals surface area contributed by atoms with Crippen molar-refractivity contribution in [2.45, 2.75) is 26.8 Å². The standard InChI is InChI=1S/C11H14N4S/c1-7(2)13-11-14-10(15-16-11)9-6-8(3)4-5-12-9/h4-7H,1-3H3,(H,13,14,15). The van der Waals surface area contributed by atoms with Crippen molar-refractivity contribution in [2.24, 2.45) is 0 Å². The SMILES string of the molecule is Cc1ccnc(-c2nsc(NC(C)C)n2)c1. The number of hydrogen-bond acceptors (Lipinski definition) is 5. The van der Waals surface area contributed by atoms with Crippen molar-refractivity contribution in [1.82, 2.24) is 14.3 Å². The van der Waals surface area contributed by atoms with E-state index in [2.05, 4.69) is 33.5 Å². The number of hydrogen-bond donors (Lipinski definition) is 1. The maximum absolute atomic E-state index is 4.40. The van der Waals surface area contributed by atoms with Crippen molar-refractivity contribution in [3.05, 3.63) is 23.9 Å². The fourth-order valence-corrected chi connectivity index (χ4v) is 2.01. The number of aryl methyl sites for hydroxylation is 1. The molecule has 0 saturated carbocycles. The van der Waals surface area contributed by atoms with Crippen molar-refractivity contribution >= 4 is 16.7 Å². The molecule has 1 N–H and O–H groups in total. The topological polar surface area (TPSA) is 50.7 Å². The van der Waals surface area contributed by atoms with Gasteiger partial charge in [0.05, 0.1) is 0 Å². The lowest BCUT2D eigenvalue weighted by Gasteiger charge is -2.03. The molecule has 0 fully saturated rings. The minimum absolute atomic E-state index is 0.367. The molecule has 0 bridgehead atoms. The van der Waals surface area contributed by atoms with Crippen molar-refractivity contribution in [1.29, 1.82) is 0 Å². The molecule has 0 aliphatic heterocycles. The molecule has 0 radical (unpaired) electrons. The number of rotatable bonds is 3. The van der Waals surface area contributed by atoms with E-state index >= 15 is 0 Å². The third kappa shape index (κ3) is 2.55. The third-order valence-corrected chi connectivity index (χ3v) is 2.63. The highest BCUT2D eigenvalue weighted by molar-refractivity contribution is 7.09. The molecule has 2 heterocycles. The van der Waals surface area contributed by atoms with Crippen LogP contribution in [-0.2, 0) is 0 Å². The van der Waals surface area contributed by atoms with Gasteiger partial charge in [-0.2, -0.15) is 9.36 Å². The van der Waals surface area contributed by atoms with E-state index in [1.165, 1.54) is 11.5 Å². The molecule has 0 unspecified atom stereocenters. The molecule has 0 atom stereocenters. The van der Waals surface area contributed by atoms with Gasteiger partial charge in [0, 0.05) is 23.8 Å². The molecule has 0 amide bonds. The first-order valence-electron chi connectivity index (χ1n) is 5.18. The van der Waals surface area contributed by atoms with Crippen molar-refractivity contribution in [2.75, 3.05) is 5.32 Å². The van der Waals surface area contributed by atoms with Gasteiger partial charge < -0.3 is 5.32 Å². The van der Waals surface area contributed by atoms with Crippen LogP contribution in [0.1, 0.15) is 19.4 Å². The quantitative estimate of drug-likeness (QED) is 0.887. The van der Waals surface area contributed by atoms with Gasteiger partial charge in [0.25, 0.3) is 0 Å². The van der Waals surface area contributed by atoms with E-state index in [0.29, 0.717) is 11.9 Å². The summed E-state index contributed by atoms with van der Waals surface area (Å²) >= 11 is 1.37. The smallest absolute Gasteiger partial charge is 0.203 e. The lowest BCUT2D eigenvalue weighted by atomic mass is 10.2. The van der Waals surface area contributed by atoms with E-state index in [1.807, 2.05) is 19.1 Å². The van der Waals surface area contributed by atoms with Crippen LogP contribution in [0.25, 0.3) is 11.5 Å². The summed E-state index contributed by atoms with van der Waals surface area (Å²) in [4.78, 5) is 8.65. The van der Waals surface area contributed by atoms with E-state index in [4.69, 9.17) is 0 Å². The van der Waals surface area contributed by atoms with Gasteiger partial charge in [0.1, 0.15) is 5.69 Å². The largest absolute Gasteiger partial charge is 0.358 e. The summed E-state index contributed by atoms with van der Waals surface area (Å²) in [5.41, 5.74) is 1.99. The Bertz CT molecular complexity index is 478. The molecule has 0 aliphatic rings. The van der Waals surface area contributed by atoms with Gasteiger partial charge in [0.15, 0.2) is 5.82 Å². The minimum atomic E-state index is 0.367. The van der Waals surface area contributed by atoms with Crippen molar-refractivity contribution < 1.29 is 0 Å². The Labute approximate surface area is 98.9 Å². The third-order valence-electron chi connectivity index (χ3n) is 1.98. The van der Waals surface area contributed by atoms with E-state index in [1.54, 1.807) is 6.20 Å². The highest BCUT2D eigenvalue weighted by Gasteiger charge is 2.08. The zero-order chi connectivity index (χ0) is 11.5. The molecule has 2 rings (SSSR count). The number of nitrogens with zero attached hydrogens (tertiary/aromatic N) is 3. The summed E-state index contributed by atoms with van der Waals surface area (Å²) in [6, 6.07) is 4.32. The summed E-state index contributed by atoms with van der Waals surface area (Å²) in [6.07, 6.45) is 1.78. The van der Waals surface area contributed by atoms with Gasteiger partial charge in [0.2, 0.25) is 5.13 Å². The second kappa shape index (κ2) is 4.57. The molecule has 0 spiro atoms. The number of pyridine rings is 1. The normalized spacial score (nSPS) is 10.8. The molecule has 0 aliphatic carbocycles. The van der Waals surface area contributed by atoms with Crippen molar-refractivity contribution in [3.63, 3.8) is 0 Å². The van der Waals surface area contributed by atoms with Crippen LogP contribution in [0, 0.1) is 6.92 Å². The van der Waals surface area contributed by atoms with Crippen LogP contribution < -0.4 is 5.32 Å². The number of aromatic nitrogens is 3. The van der Waals surface area contributed by atoms with Crippen LogP contribution in [0.15, 0.2) is 18.3 Å². The maximum atomic E-state index is 4.40. The molecule has 0 saturated heterocycles. The Morgan fingerprint density at radius 1 is 1.38 bits per heavy atom. The molecule has 5 heteroatoms. The van der Waals surface area contributed by atoms with Crippen LogP contribution in [-0.4, -0.2) is 20.4 Å². The predicted molar refractivity (Wildman–Crippen MR) is 66.6 cm³/mol. The summed E-state index contributed by atoms with van der Waals surface area (Å²) in [7, 11) is 0. The minimum Gasteiger partial charge on any atom is -0.358 e. The summed E-state index contributed by atoms with van der Waals surface area (Å²) < 4.78 is 4.29. The van der Waals surface area contributed by atoms with Gasteiger partial charge in [-0.15, -0.1) is 0 Å². The average molecular weight is 234 g/mol. The Kier molecular flexibility index (Phi) is 3.14. The zero-order valence-electron chi connectivity index (χ0n) is 9.56. The first-order valence-corrected chi connectivity index (χ1v) is 5.96. The molecular weight excluding hydrogens is 220 g/mol. The highest BCUT2D eigenvalue weighted by Crippen LogP contribution is 2.20. The Morgan fingerprint density at radius 2 is 2.19 bits per heavy atom. The van der Waals surface area contributed by atoms with Gasteiger partial charge in [-0.25, -0.2) is 0 Å². The molecule has 2 aromatic rings. The van der Waals surface area contributed by atoms with E-state index in [-0.39, 0.29) is 0 Å². The molecule has 16 heavy (non-hydrogen) atoms. The van der Waals surface area contributed by atoms with Crippen LogP contribution in [0.3, 0.4) is 0 Å². The van der Waals surface area contributed by atoms with Gasteiger partial charge in [-0.05, 0) is 38.5 Å². The molecule has 84 valence electrons. The fourth-order valence-electron chi connectivity index (χ4n) is 1.29. The summed E-state index contributed by atoms with van der Waals surface area (Å²) in [5.74, 6) is 0.692. The van der Waals surface area contributed by atoms with E-state index < -0.39 is 0 Å². The average Bonchev–Trinajstić information content (AvgIpc) is 2.65. The van der Waals surface area contributed by atoms with E-state index in [0.717, 1.165) is 16.4 Å². The van der Waals surface area contributed by atoms with Gasteiger partial charge in [-0.1, -0.05) is 0 Å². The Balaban J connectivity index is 2.24. The number of anilines is 1. The second-order valence-electron chi connectivity index (χ2n) is 3.94. The maximum Gasteiger partial charge on any atom is 0.203 e. The van der Waals surface area contributed by atoms with E-state index in [9.17, 15) is 0 Å². The van der Waals surface area contributed by atoms with Gasteiger partial charge in [-0.3, -0.25) is 4.98 Å². The lowest BCUT2D eigenvalue weighted by Crippen LogP contribution is -2.09. The van der Waals surface area contributed by atoms with Crippen LogP contribution in [0.5, 0.6) is 0 Å². The first kappa shape index (κ1) is 11.0. The van der Waals surface area contributed by atoms with Crippen LogP contribution in [0.4, 0.5) is 5.13 Å². The highest BCUT2D eigenvalue weighted by atomic mass is 32.1. The molecule has 4 nitrogen and oxygen atoms in total. The number of nitrogens with one attached hydrogen (secondary N) is 1. The Morgan fingerprint density at radius 3 is 2.88 bits per heavy atom. The Hall–Kier alpha value is -1.49. The lowest BCUT2D eigenvalue weighted by molar-refractivity contribution is 0.896. The molecule has 2 aromatic heterocycles. The first-order chi connectivity index (χ1) is 7.65. The second-order valence-corrected chi connectivity index (χ2v) is 4.69. The summed E-state index contributed by atoms with van der Waals surface area (Å²) in [6.45, 7) is 6.18.